The predicted octanol–water partition coefficient (Wildman–Crippen LogP) is 2.81. The lowest BCUT2D eigenvalue weighted by molar-refractivity contribution is -0.137. The Bertz CT molecular complexity index is 605. The number of ether oxygens (including phenoxy) is 1. The maximum Gasteiger partial charge on any atom is 0.303 e. The Hall–Kier alpha value is -1.79. The van der Waals surface area contributed by atoms with Gasteiger partial charge >= 0.3 is 5.97 Å². The van der Waals surface area contributed by atoms with Crippen LogP contribution in [0.1, 0.15) is 51.5 Å². The van der Waals surface area contributed by atoms with Gasteiger partial charge in [-0.15, -0.1) is 0 Å². The number of nitrogens with two attached hydrogens (primary N) is 1. The molecule has 2 atom stereocenters. The van der Waals surface area contributed by atoms with Crippen molar-refractivity contribution in [2.45, 2.75) is 51.7 Å². The van der Waals surface area contributed by atoms with E-state index in [0.717, 1.165) is 24.1 Å². The summed E-state index contributed by atoms with van der Waals surface area (Å²) in [5.41, 5.74) is 7.47. The summed E-state index contributed by atoms with van der Waals surface area (Å²) in [5, 5.41) is 20.2. The van der Waals surface area contributed by atoms with Crippen molar-refractivity contribution in [1.82, 2.24) is 0 Å². The van der Waals surface area contributed by atoms with Crippen LogP contribution in [0.15, 0.2) is 18.2 Å². The minimum absolute atomic E-state index is 0.0215. The summed E-state index contributed by atoms with van der Waals surface area (Å²) in [7, 11) is 0. The number of aliphatic hydroxyl groups is 1. The Morgan fingerprint density at radius 3 is 2.72 bits per heavy atom. The van der Waals surface area contributed by atoms with Crippen LogP contribution in [0.4, 0.5) is 11.4 Å². The van der Waals surface area contributed by atoms with Crippen molar-refractivity contribution in [1.29, 1.82) is 0 Å². The zero-order valence-corrected chi connectivity index (χ0v) is 15.4. The number of anilines is 2. The molecular formula is C19H30N2O4. The Morgan fingerprint density at radius 1 is 1.44 bits per heavy atom. The molecule has 1 saturated heterocycles. The molecule has 0 aromatic heterocycles. The minimum Gasteiger partial charge on any atom is -0.481 e. The van der Waals surface area contributed by atoms with Gasteiger partial charge in [0.05, 0.1) is 31.0 Å². The summed E-state index contributed by atoms with van der Waals surface area (Å²) in [4.78, 5) is 13.0. The third kappa shape index (κ3) is 4.25. The molecule has 1 aliphatic heterocycles. The lowest BCUT2D eigenvalue weighted by atomic mass is 9.90. The molecule has 0 bridgehead atoms. The van der Waals surface area contributed by atoms with Crippen LogP contribution in [0, 0.1) is 5.92 Å². The fourth-order valence-electron chi connectivity index (χ4n) is 3.48. The normalized spacial score (nSPS) is 22.2. The van der Waals surface area contributed by atoms with Crippen LogP contribution < -0.4 is 10.6 Å². The highest BCUT2D eigenvalue weighted by Crippen LogP contribution is 2.37. The van der Waals surface area contributed by atoms with Crippen LogP contribution in [-0.2, 0) is 9.53 Å². The number of carboxylic acid groups (broad SMARTS) is 1. The lowest BCUT2D eigenvalue weighted by Gasteiger charge is -2.47. The molecule has 1 fully saturated rings. The van der Waals surface area contributed by atoms with Gasteiger partial charge in [-0.2, -0.15) is 0 Å². The molecule has 2 rings (SSSR count). The van der Waals surface area contributed by atoms with Crippen molar-refractivity contribution in [2.24, 2.45) is 5.92 Å². The van der Waals surface area contributed by atoms with E-state index in [1.165, 1.54) is 0 Å². The van der Waals surface area contributed by atoms with Gasteiger partial charge in [-0.3, -0.25) is 4.79 Å². The number of hydrogen-bond donors (Lipinski definition) is 3. The number of carboxylic acids is 1. The van der Waals surface area contributed by atoms with Crippen LogP contribution in [0.25, 0.3) is 0 Å². The average Bonchev–Trinajstić information content (AvgIpc) is 2.55. The Morgan fingerprint density at radius 2 is 2.16 bits per heavy atom. The van der Waals surface area contributed by atoms with Crippen molar-refractivity contribution in [3.05, 3.63) is 23.8 Å². The molecule has 0 spiro atoms. The number of benzene rings is 1. The highest BCUT2D eigenvalue weighted by molar-refractivity contribution is 5.71. The molecule has 0 unspecified atom stereocenters. The number of hydrogen-bond acceptors (Lipinski definition) is 5. The number of nitrogen functional groups attached to an aromatic ring is 1. The van der Waals surface area contributed by atoms with Crippen LogP contribution in [-0.4, -0.2) is 41.7 Å². The summed E-state index contributed by atoms with van der Waals surface area (Å²) >= 11 is 0. The first-order valence-electron chi connectivity index (χ1n) is 8.98. The van der Waals surface area contributed by atoms with Crippen LogP contribution in [0.2, 0.25) is 0 Å². The van der Waals surface area contributed by atoms with E-state index in [1.54, 1.807) is 0 Å². The Labute approximate surface area is 149 Å². The molecule has 0 radical (unpaired) electrons. The summed E-state index contributed by atoms with van der Waals surface area (Å²) < 4.78 is 5.48. The second kappa shape index (κ2) is 8.06. The molecular weight excluding hydrogens is 320 g/mol. The monoisotopic (exact) mass is 350 g/mol. The van der Waals surface area contributed by atoms with Crippen molar-refractivity contribution in [2.75, 3.05) is 30.4 Å². The maximum atomic E-state index is 11.1. The standard InChI is InChI=1S/C19H30N2O4/c1-4-5-14(11-18(22)23)15-6-7-17(16(20)10-15)21-8-9-25-12-19(21,24)13(2)3/h6-7,10,13-14,24H,4-5,8-9,11-12,20H2,1-3H3,(H,22,23)/t14-,19-/m1/s1. The molecule has 1 heterocycles. The van der Waals surface area contributed by atoms with Gasteiger partial charge in [-0.1, -0.05) is 33.3 Å². The lowest BCUT2D eigenvalue weighted by Crippen LogP contribution is -2.60. The topological polar surface area (TPSA) is 96.0 Å². The van der Waals surface area contributed by atoms with E-state index in [9.17, 15) is 9.90 Å². The van der Waals surface area contributed by atoms with Crippen LogP contribution in [0.5, 0.6) is 0 Å². The molecule has 1 aromatic rings. The maximum absolute atomic E-state index is 11.1. The molecule has 6 nitrogen and oxygen atoms in total. The van der Waals surface area contributed by atoms with Gasteiger partial charge in [0.2, 0.25) is 0 Å². The molecule has 1 aliphatic rings. The van der Waals surface area contributed by atoms with Gasteiger partial charge in [0.25, 0.3) is 0 Å². The van der Waals surface area contributed by atoms with Crippen LogP contribution >= 0.6 is 0 Å². The van der Waals surface area contributed by atoms with E-state index >= 15 is 0 Å². The summed E-state index contributed by atoms with van der Waals surface area (Å²) in [6, 6.07) is 5.69. The SMILES string of the molecule is CCC[C@H](CC(=O)O)c1ccc(N2CCOC[C@@]2(O)C(C)C)c(N)c1. The van der Waals surface area contributed by atoms with Gasteiger partial charge in [0.15, 0.2) is 5.72 Å². The number of nitrogens with zero attached hydrogens (tertiary/aromatic N) is 1. The molecule has 4 N–H and O–H groups in total. The molecule has 0 aliphatic carbocycles. The Balaban J connectivity index is 2.33. The second-order valence-electron chi connectivity index (χ2n) is 7.14. The first kappa shape index (κ1) is 19.5. The van der Waals surface area contributed by atoms with E-state index in [1.807, 2.05) is 43.9 Å². The summed E-state index contributed by atoms with van der Waals surface area (Å²) in [5.74, 6) is -0.872. The van der Waals surface area contributed by atoms with E-state index in [0.29, 0.717) is 18.8 Å². The Kier molecular flexibility index (Phi) is 6.30. The second-order valence-corrected chi connectivity index (χ2v) is 7.14. The highest BCUT2D eigenvalue weighted by Gasteiger charge is 2.41. The van der Waals surface area contributed by atoms with Gasteiger partial charge in [0, 0.05) is 12.5 Å². The number of carbonyl (C=O) groups is 1. The molecule has 1 aromatic carbocycles. The fourth-order valence-corrected chi connectivity index (χ4v) is 3.48. The average molecular weight is 350 g/mol. The number of aliphatic carboxylic acids is 1. The van der Waals surface area contributed by atoms with E-state index in [-0.39, 0.29) is 24.9 Å². The first-order valence-corrected chi connectivity index (χ1v) is 8.98. The quantitative estimate of drug-likeness (QED) is 0.655. The van der Waals surface area contributed by atoms with E-state index in [2.05, 4.69) is 0 Å². The molecule has 25 heavy (non-hydrogen) atoms. The fraction of sp³-hybridized carbons (Fsp3) is 0.632. The van der Waals surface area contributed by atoms with E-state index < -0.39 is 11.7 Å². The summed E-state index contributed by atoms with van der Waals surface area (Å²) in [6.07, 6.45) is 1.81. The number of morpholine rings is 1. The molecule has 0 amide bonds. The van der Waals surface area contributed by atoms with Gasteiger partial charge in [-0.25, -0.2) is 0 Å². The first-order chi connectivity index (χ1) is 11.8. The van der Waals surface area contributed by atoms with Gasteiger partial charge in [0.1, 0.15) is 0 Å². The van der Waals surface area contributed by atoms with Crippen molar-refractivity contribution in [3.63, 3.8) is 0 Å². The summed E-state index contributed by atoms with van der Waals surface area (Å²) in [6.45, 7) is 7.29. The third-order valence-electron chi connectivity index (χ3n) is 5.04. The van der Waals surface area contributed by atoms with Crippen molar-refractivity contribution >= 4 is 17.3 Å². The third-order valence-corrected chi connectivity index (χ3v) is 5.04. The minimum atomic E-state index is -1.10. The zero-order chi connectivity index (χ0) is 18.6. The molecule has 6 heteroatoms. The van der Waals surface area contributed by atoms with Gasteiger partial charge < -0.3 is 25.6 Å². The van der Waals surface area contributed by atoms with E-state index in [4.69, 9.17) is 15.6 Å². The van der Waals surface area contributed by atoms with Gasteiger partial charge in [-0.05, 0) is 30.0 Å². The molecule has 0 saturated carbocycles. The predicted molar refractivity (Wildman–Crippen MR) is 98.7 cm³/mol. The highest BCUT2D eigenvalue weighted by atomic mass is 16.5. The zero-order valence-electron chi connectivity index (χ0n) is 15.4. The largest absolute Gasteiger partial charge is 0.481 e. The smallest absolute Gasteiger partial charge is 0.303 e. The van der Waals surface area contributed by atoms with Crippen LogP contribution in [0.3, 0.4) is 0 Å². The number of rotatable bonds is 7. The van der Waals surface area contributed by atoms with Crippen molar-refractivity contribution in [3.8, 4) is 0 Å². The molecule has 140 valence electrons. The van der Waals surface area contributed by atoms with Crippen molar-refractivity contribution < 1.29 is 19.7 Å².